The highest BCUT2D eigenvalue weighted by atomic mass is 15.2. The Morgan fingerprint density at radius 2 is 2.27 bits per heavy atom. The van der Waals surface area contributed by atoms with Crippen LogP contribution in [0.2, 0.25) is 0 Å². The minimum Gasteiger partial charge on any atom is -0.309 e. The number of hydrogen-bond donors (Lipinski definition) is 0. The average molecular weight is 153 g/mol. The van der Waals surface area contributed by atoms with Gasteiger partial charge in [0, 0.05) is 19.8 Å². The van der Waals surface area contributed by atoms with Gasteiger partial charge >= 0.3 is 0 Å². The van der Waals surface area contributed by atoms with Gasteiger partial charge in [-0.3, -0.25) is 4.68 Å². The summed E-state index contributed by atoms with van der Waals surface area (Å²) in [5, 5.41) is 4.09. The van der Waals surface area contributed by atoms with Gasteiger partial charge in [-0.25, -0.2) is 0 Å². The van der Waals surface area contributed by atoms with E-state index in [1.54, 1.807) is 0 Å². The Balaban J connectivity index is 2.39. The zero-order valence-corrected chi connectivity index (χ0v) is 7.41. The van der Waals surface area contributed by atoms with Crippen LogP contribution in [-0.2, 0) is 13.5 Å². The third-order valence-electron chi connectivity index (χ3n) is 1.61. The van der Waals surface area contributed by atoms with Crippen molar-refractivity contribution in [3.8, 4) is 0 Å². The first-order valence-corrected chi connectivity index (χ1v) is 3.81. The highest BCUT2D eigenvalue weighted by molar-refractivity contribution is 5.03. The largest absolute Gasteiger partial charge is 0.309 e. The van der Waals surface area contributed by atoms with Crippen LogP contribution < -0.4 is 0 Å². The molecule has 0 atom stereocenters. The Labute approximate surface area is 67.6 Å². The summed E-state index contributed by atoms with van der Waals surface area (Å²) >= 11 is 0. The molecular formula is C8H15N3. The molecule has 0 radical (unpaired) electrons. The van der Waals surface area contributed by atoms with Gasteiger partial charge in [-0.15, -0.1) is 0 Å². The highest BCUT2D eigenvalue weighted by Gasteiger charge is 1.95. The molecule has 0 amide bonds. The molecule has 0 aromatic carbocycles. The van der Waals surface area contributed by atoms with Gasteiger partial charge in [0.25, 0.3) is 0 Å². The SMILES string of the molecule is CN(C)CCc1cnn(C)c1. The molecule has 0 aliphatic heterocycles. The van der Waals surface area contributed by atoms with Crippen molar-refractivity contribution in [2.45, 2.75) is 6.42 Å². The first-order chi connectivity index (χ1) is 5.18. The zero-order chi connectivity index (χ0) is 8.27. The summed E-state index contributed by atoms with van der Waals surface area (Å²) in [6.45, 7) is 1.09. The van der Waals surface area contributed by atoms with Crippen molar-refractivity contribution >= 4 is 0 Å². The molecule has 0 aliphatic carbocycles. The lowest BCUT2D eigenvalue weighted by molar-refractivity contribution is 0.413. The van der Waals surface area contributed by atoms with Crippen molar-refractivity contribution in [1.29, 1.82) is 0 Å². The van der Waals surface area contributed by atoms with Gasteiger partial charge in [0.05, 0.1) is 6.20 Å². The molecule has 1 aromatic heterocycles. The maximum absolute atomic E-state index is 4.09. The molecule has 1 aromatic rings. The van der Waals surface area contributed by atoms with Gasteiger partial charge in [0.1, 0.15) is 0 Å². The van der Waals surface area contributed by atoms with E-state index >= 15 is 0 Å². The maximum atomic E-state index is 4.09. The van der Waals surface area contributed by atoms with Gasteiger partial charge < -0.3 is 4.90 Å². The summed E-state index contributed by atoms with van der Waals surface area (Å²) in [5.41, 5.74) is 1.31. The second-order valence-corrected chi connectivity index (χ2v) is 3.08. The van der Waals surface area contributed by atoms with Crippen LogP contribution in [0.5, 0.6) is 0 Å². The smallest absolute Gasteiger partial charge is 0.0522 e. The van der Waals surface area contributed by atoms with Gasteiger partial charge in [0.2, 0.25) is 0 Å². The van der Waals surface area contributed by atoms with Crippen LogP contribution in [0, 0.1) is 0 Å². The number of aromatic nitrogens is 2. The van der Waals surface area contributed by atoms with Crippen LogP contribution in [0.15, 0.2) is 12.4 Å². The second-order valence-electron chi connectivity index (χ2n) is 3.08. The van der Waals surface area contributed by atoms with Crippen LogP contribution in [-0.4, -0.2) is 35.3 Å². The molecule has 1 rings (SSSR count). The van der Waals surface area contributed by atoms with Crippen LogP contribution in [0.4, 0.5) is 0 Å². The van der Waals surface area contributed by atoms with E-state index < -0.39 is 0 Å². The lowest BCUT2D eigenvalue weighted by atomic mass is 10.2. The third-order valence-corrected chi connectivity index (χ3v) is 1.61. The van der Waals surface area contributed by atoms with Gasteiger partial charge in [-0.05, 0) is 26.1 Å². The molecule has 0 unspecified atom stereocenters. The predicted octanol–water partition coefficient (Wildman–Crippen LogP) is 0.524. The van der Waals surface area contributed by atoms with Crippen molar-refractivity contribution in [3.05, 3.63) is 18.0 Å². The molecule has 0 aliphatic rings. The van der Waals surface area contributed by atoms with Crippen LogP contribution >= 0.6 is 0 Å². The van der Waals surface area contributed by atoms with Crippen LogP contribution in [0.25, 0.3) is 0 Å². The molecule has 11 heavy (non-hydrogen) atoms. The monoisotopic (exact) mass is 153 g/mol. The predicted molar refractivity (Wildman–Crippen MR) is 45.5 cm³/mol. The molecular weight excluding hydrogens is 138 g/mol. The van der Waals surface area contributed by atoms with E-state index in [0.717, 1.165) is 13.0 Å². The molecule has 0 bridgehead atoms. The molecule has 0 saturated heterocycles. The van der Waals surface area contributed by atoms with E-state index in [1.165, 1.54) is 5.56 Å². The van der Waals surface area contributed by atoms with Crippen LogP contribution in [0.3, 0.4) is 0 Å². The van der Waals surface area contributed by atoms with Gasteiger partial charge in [-0.2, -0.15) is 5.10 Å². The molecule has 3 heteroatoms. The van der Waals surface area contributed by atoms with Gasteiger partial charge in [0.15, 0.2) is 0 Å². The Morgan fingerprint density at radius 3 is 2.73 bits per heavy atom. The van der Waals surface area contributed by atoms with E-state index in [4.69, 9.17) is 0 Å². The molecule has 0 saturated carbocycles. The third kappa shape index (κ3) is 2.72. The minimum atomic E-state index is 1.08. The molecule has 62 valence electrons. The fraction of sp³-hybridized carbons (Fsp3) is 0.625. The molecule has 0 N–H and O–H groups in total. The second kappa shape index (κ2) is 3.53. The van der Waals surface area contributed by atoms with Crippen LogP contribution in [0.1, 0.15) is 5.56 Å². The Morgan fingerprint density at radius 1 is 1.55 bits per heavy atom. The summed E-state index contributed by atoms with van der Waals surface area (Å²) < 4.78 is 1.84. The Bertz CT molecular complexity index is 215. The number of likely N-dealkylation sites (N-methyl/N-ethyl adjacent to an activating group) is 1. The Kier molecular flexibility index (Phi) is 2.65. The summed E-state index contributed by atoms with van der Waals surface area (Å²) in [6, 6.07) is 0. The van der Waals surface area contributed by atoms with E-state index in [-0.39, 0.29) is 0 Å². The first-order valence-electron chi connectivity index (χ1n) is 3.81. The first kappa shape index (κ1) is 8.27. The lowest BCUT2D eigenvalue weighted by Gasteiger charge is -2.06. The topological polar surface area (TPSA) is 21.1 Å². The lowest BCUT2D eigenvalue weighted by Crippen LogP contribution is -2.14. The quantitative estimate of drug-likeness (QED) is 0.631. The van der Waals surface area contributed by atoms with E-state index in [1.807, 2.05) is 17.9 Å². The number of aryl methyl sites for hydroxylation is 1. The van der Waals surface area contributed by atoms with Crippen molar-refractivity contribution in [1.82, 2.24) is 14.7 Å². The van der Waals surface area contributed by atoms with E-state index in [0.29, 0.717) is 0 Å². The maximum Gasteiger partial charge on any atom is 0.0522 e. The van der Waals surface area contributed by atoms with Crippen molar-refractivity contribution in [2.24, 2.45) is 7.05 Å². The molecule has 1 heterocycles. The molecule has 0 fully saturated rings. The highest BCUT2D eigenvalue weighted by Crippen LogP contribution is 1.97. The standard InChI is InChI=1S/C8H15N3/c1-10(2)5-4-8-6-9-11(3)7-8/h6-7H,4-5H2,1-3H3. The fourth-order valence-electron chi connectivity index (χ4n) is 0.954. The average Bonchev–Trinajstić information content (AvgIpc) is 2.31. The number of hydrogen-bond acceptors (Lipinski definition) is 2. The minimum absolute atomic E-state index is 1.08. The zero-order valence-electron chi connectivity index (χ0n) is 7.41. The van der Waals surface area contributed by atoms with E-state index in [2.05, 4.69) is 30.3 Å². The van der Waals surface area contributed by atoms with Gasteiger partial charge in [-0.1, -0.05) is 0 Å². The normalized spacial score (nSPS) is 10.9. The van der Waals surface area contributed by atoms with Crippen molar-refractivity contribution in [3.63, 3.8) is 0 Å². The van der Waals surface area contributed by atoms with Crippen molar-refractivity contribution < 1.29 is 0 Å². The van der Waals surface area contributed by atoms with Crippen molar-refractivity contribution in [2.75, 3.05) is 20.6 Å². The summed E-state index contributed by atoms with van der Waals surface area (Å²) in [7, 11) is 6.10. The summed E-state index contributed by atoms with van der Waals surface area (Å²) in [6.07, 6.45) is 5.06. The fourth-order valence-corrected chi connectivity index (χ4v) is 0.954. The molecule has 3 nitrogen and oxygen atoms in total. The summed E-state index contributed by atoms with van der Waals surface area (Å²) in [5.74, 6) is 0. The number of nitrogens with zero attached hydrogens (tertiary/aromatic N) is 3. The molecule has 0 spiro atoms. The Hall–Kier alpha value is -0.830. The van der Waals surface area contributed by atoms with E-state index in [9.17, 15) is 0 Å². The number of rotatable bonds is 3. The summed E-state index contributed by atoms with van der Waals surface area (Å²) in [4.78, 5) is 2.17.